The van der Waals surface area contributed by atoms with Gasteiger partial charge in [-0.3, -0.25) is 4.98 Å². The molecule has 4 atom stereocenters. The molecule has 5 aromatic heterocycles. The summed E-state index contributed by atoms with van der Waals surface area (Å²) in [5.41, 5.74) is 14.3. The fourth-order valence-electron chi connectivity index (χ4n) is 17.4. The zero-order valence-electron chi connectivity index (χ0n) is 90.0. The van der Waals surface area contributed by atoms with E-state index in [1.165, 1.54) is 0 Å². The molecule has 8 N–H and O–H groups in total. The number of nitrogens with one attached hydrogen (secondary N) is 4. The van der Waals surface area contributed by atoms with Gasteiger partial charge in [0, 0.05) is 204 Å². The van der Waals surface area contributed by atoms with Gasteiger partial charge in [-0.1, -0.05) is 93.7 Å². The third kappa shape index (κ3) is 34.1. The number of hydrogen-bond acceptors (Lipinski definition) is 34. The molecule has 150 heavy (non-hydrogen) atoms. The lowest BCUT2D eigenvalue weighted by atomic mass is 10.0. The molecule has 806 valence electrons. The van der Waals surface area contributed by atoms with E-state index in [0.717, 1.165) is 228 Å². The van der Waals surface area contributed by atoms with Gasteiger partial charge in [0.15, 0.2) is 46.3 Å². The summed E-state index contributed by atoms with van der Waals surface area (Å²) < 4.78 is 73.5. The topological polar surface area (TPSA) is 378 Å². The molecule has 2 saturated heterocycles. The molecule has 12 aromatic rings. The fourth-order valence-corrected chi connectivity index (χ4v) is 17.7. The molecular weight excluding hydrogens is 1930 g/mol. The van der Waals surface area contributed by atoms with Gasteiger partial charge in [0.05, 0.1) is 57.3 Å². The molecule has 0 aliphatic carbocycles. The number of anilines is 4. The Kier molecular flexibility index (Phi) is 46.6. The van der Waals surface area contributed by atoms with Crippen LogP contribution in [0, 0.1) is 20.8 Å². The van der Waals surface area contributed by atoms with E-state index >= 15 is 0 Å². The minimum atomic E-state index is -0.632. The summed E-state index contributed by atoms with van der Waals surface area (Å²) in [7, 11) is 19.7. The average molecular weight is 2080 g/mol. The number of unbranched alkanes of at least 4 members (excludes halogenated alkanes) is 2. The Morgan fingerprint density at radius 1 is 0.380 bits per heavy atom. The van der Waals surface area contributed by atoms with Crippen molar-refractivity contribution in [2.75, 3.05) is 229 Å². The number of aryl methyl sites for hydroxylation is 3. The number of likely N-dealkylation sites (N-methyl/N-ethyl adjacent to an activating group) is 4. The van der Waals surface area contributed by atoms with Gasteiger partial charge in [-0.05, 0) is 209 Å². The van der Waals surface area contributed by atoms with Crippen molar-refractivity contribution in [1.82, 2.24) is 66.1 Å². The van der Waals surface area contributed by atoms with Crippen LogP contribution in [0.4, 0.5) is 23.3 Å². The van der Waals surface area contributed by atoms with Crippen LogP contribution in [0.25, 0.3) is 90.6 Å². The number of rotatable bonds is 50. The quantitative estimate of drug-likeness (QED) is 0.0175. The summed E-state index contributed by atoms with van der Waals surface area (Å²) in [6.45, 7) is 23.5. The van der Waals surface area contributed by atoms with Gasteiger partial charge in [-0.15, -0.1) is 0 Å². The second-order valence-corrected chi connectivity index (χ2v) is 37.5. The van der Waals surface area contributed by atoms with E-state index in [1.54, 1.807) is 69.8 Å². The van der Waals surface area contributed by atoms with Crippen LogP contribution in [0.1, 0.15) is 94.7 Å². The van der Waals surface area contributed by atoms with Gasteiger partial charge in [0.2, 0.25) is 0 Å². The van der Waals surface area contributed by atoms with E-state index in [4.69, 9.17) is 113 Å². The Balaban J connectivity index is 0.000000177. The van der Waals surface area contributed by atoms with Crippen LogP contribution in [0.5, 0.6) is 51.7 Å². The number of fused-ring (bicyclic) bond motifs is 1. The molecule has 2 fully saturated rings. The van der Waals surface area contributed by atoms with E-state index in [1.807, 2.05) is 159 Å². The summed E-state index contributed by atoms with van der Waals surface area (Å²) in [4.78, 5) is 53.3. The molecule has 0 spiro atoms. The average Bonchev–Trinajstić information content (AvgIpc) is 0.762. The van der Waals surface area contributed by atoms with Crippen molar-refractivity contribution in [2.24, 2.45) is 0 Å². The van der Waals surface area contributed by atoms with Crippen molar-refractivity contribution in [1.29, 1.82) is 0 Å². The first-order valence-corrected chi connectivity index (χ1v) is 52.1. The Morgan fingerprint density at radius 3 is 1.25 bits per heavy atom. The number of nitrogens with zero attached hydrogens (tertiary/aromatic N) is 13. The molecule has 3 aliphatic rings. The summed E-state index contributed by atoms with van der Waals surface area (Å²) in [6.07, 6.45) is 6.51. The maximum absolute atomic E-state index is 10.1. The molecule has 8 heterocycles. The number of aliphatic hydroxyl groups excluding tert-OH is 4. The Hall–Kier alpha value is -12.8. The molecular formula is C115H152ClN17O17. The summed E-state index contributed by atoms with van der Waals surface area (Å²) in [6, 6.07) is 57.2. The van der Waals surface area contributed by atoms with E-state index in [0.29, 0.717) is 140 Å². The molecule has 7 aromatic carbocycles. The highest BCUT2D eigenvalue weighted by Crippen LogP contribution is 2.42. The smallest absolute Gasteiger partial charge is 0.162 e. The predicted octanol–water partition coefficient (Wildman–Crippen LogP) is 16.1. The molecule has 3 aliphatic heterocycles. The van der Waals surface area contributed by atoms with Gasteiger partial charge in [-0.25, -0.2) is 39.9 Å². The largest absolute Gasteiger partial charge is 0.496 e. The Morgan fingerprint density at radius 2 is 0.793 bits per heavy atom. The molecule has 15 rings (SSSR count). The van der Waals surface area contributed by atoms with Crippen molar-refractivity contribution < 1.29 is 82.0 Å². The lowest BCUT2D eigenvalue weighted by Gasteiger charge is -2.33. The molecule has 0 radical (unpaired) electrons. The predicted molar refractivity (Wildman–Crippen MR) is 593 cm³/mol. The van der Waals surface area contributed by atoms with E-state index in [9.17, 15) is 20.4 Å². The zero-order chi connectivity index (χ0) is 107. The maximum Gasteiger partial charge on any atom is 0.162 e. The highest BCUT2D eigenvalue weighted by molar-refractivity contribution is 6.31. The summed E-state index contributed by atoms with van der Waals surface area (Å²) in [5.74, 6) is 11.8. The fraction of sp³-hybridized carbons (Fsp3) is 0.452. The molecule has 0 bridgehead atoms. The lowest BCUT2D eigenvalue weighted by molar-refractivity contribution is 0.0852. The highest BCUT2D eigenvalue weighted by atomic mass is 35.5. The van der Waals surface area contributed by atoms with Crippen LogP contribution in [-0.2, 0) is 25.4 Å². The van der Waals surface area contributed by atoms with Crippen molar-refractivity contribution in [2.45, 2.75) is 136 Å². The minimum Gasteiger partial charge on any atom is -0.496 e. The van der Waals surface area contributed by atoms with Crippen LogP contribution in [0.3, 0.4) is 0 Å². The van der Waals surface area contributed by atoms with Crippen molar-refractivity contribution in [3.8, 4) is 142 Å². The second-order valence-electron chi connectivity index (χ2n) is 37.0. The monoisotopic (exact) mass is 2080 g/mol. The maximum atomic E-state index is 10.1. The SMILES string of the molecule is CCCCN(CCOC)c1cc(-c2ccc(OC)c(OC)c2)nc(-c2cccc(OCC(O)CNC)c2)n1.CCCCN(CCOC)c1cc(-c2ccc3c(c2)OCCO3)nc(-c2cccc(OCC(O)CNC)c2)n1.CCc1ccc(-c2cc(N(C)C3CCOCC3)nc(-c3cccc(OCC(O)CNC)c3)n2)cc1OC.CNCC(O)COc1cc(Cl)cc(-c2nc(-c3cc(C)nc(C)c3)c(C)c(N(C)C3CCOCC3)n2)c1. The number of halogens is 1. The first-order valence-electron chi connectivity index (χ1n) is 51.7. The van der Waals surface area contributed by atoms with Crippen LogP contribution in [0.2, 0.25) is 5.02 Å². The van der Waals surface area contributed by atoms with Gasteiger partial charge < -0.3 is 123 Å². The van der Waals surface area contributed by atoms with Gasteiger partial charge in [0.25, 0.3) is 0 Å². The van der Waals surface area contributed by atoms with Crippen molar-refractivity contribution in [3.05, 3.63) is 203 Å². The molecule has 4 unspecified atom stereocenters. The van der Waals surface area contributed by atoms with Gasteiger partial charge in [0.1, 0.15) is 116 Å². The molecule has 35 heteroatoms. The van der Waals surface area contributed by atoms with Gasteiger partial charge in [-0.2, -0.15) is 0 Å². The third-order valence-corrected chi connectivity index (χ3v) is 25.8. The van der Waals surface area contributed by atoms with Crippen molar-refractivity contribution in [3.63, 3.8) is 0 Å². The number of pyridine rings is 1. The zero-order valence-corrected chi connectivity index (χ0v) is 90.8. The normalized spacial score (nSPS) is 13.7. The standard InChI is InChI=1S/C29H38N4O5.C29H40N4O5.C29H38N4O4.C28H36ClN5O3/c1-4-5-11-33(12-13-35-3)28-18-25(21-9-10-26-27(17-21)37-15-14-36-26)31-29(32-28)22-7-6-8-24(16-22)38-20-23(34)19-30-2;1-6-7-13-33(14-15-35-3)28-18-25(21-11-12-26(36-4)27(17-21)37-5)31-29(32-28)22-9-8-10-24(16-22)38-20-23(34)19-30-2;1-5-20-9-10-21(16-27(20)35-4)26-17-28(33(3)23-11-13-36-14-12-23)32-29(31-26)22-7-6-8-25(15-22)37-19-24(34)18-30-2;1-17-10-20(11-18(2)31-17)26-19(3)28(34(5)23-6-8-36-9-7-23)33-27(32-26)21-12-22(29)14-25(13-21)37-16-24(35)15-30-4/h6-10,16-18,23,30,34H,4-5,11-15,19-20H2,1-3H3;8-12,16-18,23,30,34H,6-7,13-15,19-20H2,1-5H3;6-10,15-17,23-24,30,34H,5,11-14,18-19H2,1-4H3;10-14,23-24,30,35H,6-9,15-16H2,1-5H3. The van der Waals surface area contributed by atoms with Crippen LogP contribution < -0.4 is 83.5 Å². The second kappa shape index (κ2) is 60.3. The third-order valence-electron chi connectivity index (χ3n) is 25.5. The number of aromatic nitrogens is 9. The van der Waals surface area contributed by atoms with Crippen molar-refractivity contribution >= 4 is 34.9 Å². The van der Waals surface area contributed by atoms with E-state index in [-0.39, 0.29) is 26.4 Å². The molecule has 0 amide bonds. The summed E-state index contributed by atoms with van der Waals surface area (Å²) >= 11 is 6.49. The minimum absolute atomic E-state index is 0.147. The Labute approximate surface area is 888 Å². The first-order chi connectivity index (χ1) is 72.9. The van der Waals surface area contributed by atoms with E-state index < -0.39 is 24.4 Å². The van der Waals surface area contributed by atoms with Gasteiger partial charge >= 0.3 is 0 Å². The molecule has 0 saturated carbocycles. The number of hydrogen-bond donors (Lipinski definition) is 8. The number of ether oxygens (including phenoxy) is 13. The van der Waals surface area contributed by atoms with Crippen LogP contribution >= 0.6 is 11.6 Å². The number of aliphatic hydroxyl groups is 4. The van der Waals surface area contributed by atoms with Crippen LogP contribution in [0.15, 0.2) is 176 Å². The lowest BCUT2D eigenvalue weighted by Crippen LogP contribution is -2.37. The van der Waals surface area contributed by atoms with Crippen LogP contribution in [-0.4, -0.2) is 311 Å². The number of benzene rings is 7. The molecule has 34 nitrogen and oxygen atoms in total. The van der Waals surface area contributed by atoms with E-state index in [2.05, 4.69) is 112 Å². The highest BCUT2D eigenvalue weighted by Gasteiger charge is 2.29. The Bertz CT molecular complexity index is 5990. The first kappa shape index (κ1) is 116. The number of methoxy groups -OCH3 is 5. The summed E-state index contributed by atoms with van der Waals surface area (Å²) in [5, 5.41) is 52.4.